The second-order valence-corrected chi connectivity index (χ2v) is 14.8. The molecule has 0 fully saturated rings. The summed E-state index contributed by atoms with van der Waals surface area (Å²) in [5, 5.41) is 15.9. The number of hydrogen-bond donors (Lipinski definition) is 3. The first-order valence-electron chi connectivity index (χ1n) is 20.1. The van der Waals surface area contributed by atoms with Crippen LogP contribution in [0.4, 0.5) is 0 Å². The zero-order valence-electron chi connectivity index (χ0n) is 33.8. The van der Waals surface area contributed by atoms with Gasteiger partial charge in [-0.2, -0.15) is 0 Å². The van der Waals surface area contributed by atoms with Crippen LogP contribution in [0.3, 0.4) is 0 Å². The second-order valence-electron chi connectivity index (χ2n) is 13.6. The van der Waals surface area contributed by atoms with Gasteiger partial charge in [-0.1, -0.05) is 181 Å². The molecule has 0 radical (unpaired) electrons. The van der Waals surface area contributed by atoms with Crippen molar-refractivity contribution in [3.63, 3.8) is 0 Å². The number of carbonyl (C=O) groups is 1. The van der Waals surface area contributed by atoms with Crippen LogP contribution in [0.1, 0.15) is 194 Å². The molecule has 0 rings (SSSR count). The number of phosphoric acid groups is 1. The van der Waals surface area contributed by atoms with Crippen LogP contribution in [0, 0.1) is 0 Å². The van der Waals surface area contributed by atoms with Gasteiger partial charge >= 0.3 is 65.1 Å². The van der Waals surface area contributed by atoms with E-state index in [-0.39, 0.29) is 72.3 Å². The van der Waals surface area contributed by atoms with Crippen LogP contribution in [0.25, 0.3) is 0 Å². The zero-order valence-corrected chi connectivity index (χ0v) is 38.7. The van der Waals surface area contributed by atoms with E-state index in [1.54, 1.807) is 0 Å². The molecule has 0 spiro atoms. The predicted molar refractivity (Wildman–Crippen MR) is 197 cm³/mol. The van der Waals surface area contributed by atoms with Crippen molar-refractivity contribution in [2.24, 2.45) is 5.73 Å². The monoisotopic (exact) mass is 770 g/mol. The van der Waals surface area contributed by atoms with Crippen molar-refractivity contribution in [2.45, 2.75) is 206 Å². The molecule has 2 unspecified atom stereocenters. The van der Waals surface area contributed by atoms with Crippen LogP contribution in [0.2, 0.25) is 0 Å². The van der Waals surface area contributed by atoms with Crippen molar-refractivity contribution >= 4 is 13.8 Å². The van der Waals surface area contributed by atoms with Gasteiger partial charge in [0.25, 0.3) is 0 Å². The van der Waals surface area contributed by atoms with Crippen molar-refractivity contribution < 1.29 is 102 Å². The maximum Gasteiger partial charge on any atom is 1.00 e. The van der Waals surface area contributed by atoms with Crippen LogP contribution >= 0.6 is 7.82 Å². The van der Waals surface area contributed by atoms with Crippen LogP contribution in [0.5, 0.6) is 0 Å². The van der Waals surface area contributed by atoms with Gasteiger partial charge in [-0.15, -0.1) is 0 Å². The summed E-state index contributed by atoms with van der Waals surface area (Å²) >= 11 is 0. The summed E-state index contributed by atoms with van der Waals surface area (Å²) < 4.78 is 27.0. The van der Waals surface area contributed by atoms with Crippen LogP contribution in [-0.4, -0.2) is 61.4 Å². The third-order valence-corrected chi connectivity index (χ3v) is 9.20. The number of rotatable bonds is 38. The Morgan fingerprint density at radius 2 is 0.902 bits per heavy atom. The molecule has 0 aliphatic carbocycles. The largest absolute Gasteiger partial charge is 1.00 e. The molecule has 0 aromatic rings. The maximum atomic E-state index is 10.9. The van der Waals surface area contributed by atoms with Crippen molar-refractivity contribution in [1.82, 2.24) is 0 Å². The van der Waals surface area contributed by atoms with Gasteiger partial charge in [-0.25, -0.2) is 0 Å². The first-order chi connectivity index (χ1) is 23.7. The summed E-state index contributed by atoms with van der Waals surface area (Å²) in [4.78, 5) is 31.5. The van der Waals surface area contributed by atoms with Gasteiger partial charge in [0.1, 0.15) is 12.1 Å². The molecule has 0 aliphatic heterocycles. The summed E-state index contributed by atoms with van der Waals surface area (Å²) in [6.45, 7) is 5.20. The molecule has 0 aromatic carbocycles. The van der Waals surface area contributed by atoms with Gasteiger partial charge in [0.05, 0.1) is 27.6 Å². The number of unbranched alkanes of at least 4 members (excludes halogenated alkanes) is 26. The smallest absolute Gasteiger partial charge is 0.790 e. The molecular weight excluding hydrogens is 691 g/mol. The molecule has 4 N–H and O–H groups in total. The van der Waals surface area contributed by atoms with Gasteiger partial charge in [-0.3, -0.25) is 4.79 Å². The third-order valence-electron chi connectivity index (χ3n) is 8.73. The number of aliphatic hydroxyl groups is 1. The Hall–Kier alpha value is 1.42. The molecule has 0 saturated carbocycles. The fourth-order valence-electron chi connectivity index (χ4n) is 5.56. The van der Waals surface area contributed by atoms with Gasteiger partial charge in [0.15, 0.2) is 0 Å². The Kier molecular flexibility index (Phi) is 55.1. The SMILES string of the molecule is CCCCCCCCCCCCCCCCOCC(COP(=O)([O-])[O-])OCCCCCCCCCCCCCCCC.NC(CO)C(=O)O.[Na+].[Na+]. The summed E-state index contributed by atoms with van der Waals surface area (Å²) in [6, 6.07) is -1.13. The quantitative estimate of drug-likeness (QED) is 0.0482. The minimum absolute atomic E-state index is 0. The molecule has 0 saturated heterocycles. The zero-order chi connectivity index (χ0) is 36.7. The fourth-order valence-corrected chi connectivity index (χ4v) is 5.91. The molecule has 51 heavy (non-hydrogen) atoms. The first kappa shape index (κ1) is 59.1. The molecule has 0 amide bonds. The van der Waals surface area contributed by atoms with Crippen LogP contribution in [0.15, 0.2) is 0 Å². The van der Waals surface area contributed by atoms with Gasteiger partial charge in [0.2, 0.25) is 0 Å². The minimum atomic E-state index is -5.01. The fraction of sp³-hybridized carbons (Fsp3) is 0.974. The average molecular weight is 770 g/mol. The summed E-state index contributed by atoms with van der Waals surface area (Å²) in [6.07, 6.45) is 36.1. The molecule has 2 atom stereocenters. The van der Waals surface area contributed by atoms with E-state index >= 15 is 0 Å². The van der Waals surface area contributed by atoms with E-state index in [2.05, 4.69) is 18.4 Å². The number of hydrogen-bond acceptors (Lipinski definition) is 9. The number of carboxylic acid groups (broad SMARTS) is 1. The molecule has 296 valence electrons. The number of nitrogens with two attached hydrogens (primary N) is 1. The third kappa shape index (κ3) is 53.6. The Labute approximate surface area is 358 Å². The van der Waals surface area contributed by atoms with Gasteiger partial charge in [-0.05, 0) is 12.8 Å². The minimum Gasteiger partial charge on any atom is -0.790 e. The Morgan fingerprint density at radius 3 is 1.18 bits per heavy atom. The molecule has 0 aliphatic rings. The van der Waals surface area contributed by atoms with E-state index in [4.69, 9.17) is 25.4 Å². The van der Waals surface area contributed by atoms with E-state index in [0.717, 1.165) is 25.7 Å². The van der Waals surface area contributed by atoms with Crippen molar-refractivity contribution in [3.8, 4) is 0 Å². The number of carboxylic acids is 1. The van der Waals surface area contributed by atoms with E-state index < -0.39 is 32.5 Å². The summed E-state index contributed by atoms with van der Waals surface area (Å²) in [7, 11) is -5.01. The van der Waals surface area contributed by atoms with E-state index in [1.807, 2.05) is 0 Å². The molecule has 10 nitrogen and oxygen atoms in total. The Bertz CT molecular complexity index is 723. The van der Waals surface area contributed by atoms with E-state index in [0.29, 0.717) is 13.2 Å². The van der Waals surface area contributed by atoms with Crippen molar-refractivity contribution in [3.05, 3.63) is 0 Å². The van der Waals surface area contributed by atoms with Crippen molar-refractivity contribution in [1.29, 1.82) is 0 Å². The molecular formula is C38H78NNa2O9P. The first-order valence-corrected chi connectivity index (χ1v) is 21.6. The molecule has 13 heteroatoms. The van der Waals surface area contributed by atoms with E-state index in [9.17, 15) is 19.1 Å². The normalized spacial score (nSPS) is 12.4. The molecule has 0 bridgehead atoms. The Balaban J connectivity index is -0.00000110. The second kappa shape index (κ2) is 47.6. The van der Waals surface area contributed by atoms with E-state index in [1.165, 1.54) is 154 Å². The summed E-state index contributed by atoms with van der Waals surface area (Å²) in [5.74, 6) is -1.18. The molecule has 0 heterocycles. The van der Waals surface area contributed by atoms with Crippen molar-refractivity contribution in [2.75, 3.05) is 33.0 Å². The summed E-state index contributed by atoms with van der Waals surface area (Å²) in [5.41, 5.74) is 4.77. The maximum absolute atomic E-state index is 10.9. The Morgan fingerprint density at radius 1 is 0.588 bits per heavy atom. The molecule has 0 aromatic heterocycles. The van der Waals surface area contributed by atoms with Crippen LogP contribution in [-0.2, 0) is 23.4 Å². The van der Waals surface area contributed by atoms with Gasteiger partial charge < -0.3 is 44.3 Å². The predicted octanol–water partition coefficient (Wildman–Crippen LogP) is 2.59. The topological polar surface area (TPSA) is 174 Å². The number of aliphatic carboxylic acids is 1. The number of phosphoric ester groups is 1. The van der Waals surface area contributed by atoms with Crippen LogP contribution < -0.4 is 74.6 Å². The standard InChI is InChI=1S/C35H73O6P.C3H7NO3.2Na/c1-3-5-7-9-11-13-15-17-19-21-23-25-27-29-31-39-33-35(34-41-42(36,37)38)40-32-30-28-26-24-22-20-18-16-14-12-10-8-6-4-2;4-2(1-5)3(6)7;;/h35H,3-34H2,1-2H3,(H2,36,37,38);2,5H,1,4H2,(H,6,7);;/q;;2*+1/p-2. The number of aliphatic hydroxyl groups excluding tert-OH is 1. The number of ether oxygens (including phenoxy) is 2. The van der Waals surface area contributed by atoms with Gasteiger partial charge in [0, 0.05) is 13.2 Å². The average Bonchev–Trinajstić information content (AvgIpc) is 3.07.